The number of carbonyl (C=O) groups excluding carboxylic acids is 2. The number of benzene rings is 1. The Morgan fingerprint density at radius 3 is 2.89 bits per heavy atom. The number of esters is 1. The SMILES string of the molecule is CCOC(=O)c1c(NC(=O)[C@@H](C)Oc2cccc(Cl)c2)sc2c1CC[C@H](C)C2. The fourth-order valence-corrected chi connectivity index (χ4v) is 4.85. The van der Waals surface area contributed by atoms with E-state index in [1.54, 1.807) is 38.1 Å². The lowest BCUT2D eigenvalue weighted by molar-refractivity contribution is -0.122. The summed E-state index contributed by atoms with van der Waals surface area (Å²) in [7, 11) is 0. The van der Waals surface area contributed by atoms with E-state index in [1.807, 2.05) is 0 Å². The van der Waals surface area contributed by atoms with Gasteiger partial charge in [-0.25, -0.2) is 4.79 Å². The Balaban J connectivity index is 1.80. The second kappa shape index (κ2) is 8.97. The van der Waals surface area contributed by atoms with Crippen molar-refractivity contribution in [2.45, 2.75) is 46.1 Å². The smallest absolute Gasteiger partial charge is 0.341 e. The number of hydrogen-bond acceptors (Lipinski definition) is 5. The van der Waals surface area contributed by atoms with Crippen LogP contribution in [0.3, 0.4) is 0 Å². The fourth-order valence-electron chi connectivity index (χ4n) is 3.27. The maximum Gasteiger partial charge on any atom is 0.341 e. The van der Waals surface area contributed by atoms with Gasteiger partial charge in [0.15, 0.2) is 6.10 Å². The second-order valence-corrected chi connectivity index (χ2v) is 8.52. The molecule has 0 unspecified atom stereocenters. The molecule has 1 amide bonds. The van der Waals surface area contributed by atoms with E-state index < -0.39 is 6.10 Å². The second-order valence-electron chi connectivity index (χ2n) is 6.98. The van der Waals surface area contributed by atoms with Crippen LogP contribution in [0.5, 0.6) is 5.75 Å². The molecule has 0 fully saturated rings. The van der Waals surface area contributed by atoms with E-state index in [0.29, 0.717) is 33.9 Å². The Kier molecular flexibility index (Phi) is 6.62. The molecule has 1 aromatic heterocycles. The van der Waals surface area contributed by atoms with Crippen LogP contribution in [0.25, 0.3) is 0 Å². The standard InChI is InChI=1S/C21H24ClNO4S/c1-4-26-21(25)18-16-9-8-12(2)10-17(16)28-20(18)23-19(24)13(3)27-15-7-5-6-14(22)11-15/h5-7,11-13H,4,8-10H2,1-3H3,(H,23,24)/t12-,13+/m0/s1. The molecule has 0 spiro atoms. The molecule has 0 saturated carbocycles. The van der Waals surface area contributed by atoms with Crippen LogP contribution < -0.4 is 10.1 Å². The Morgan fingerprint density at radius 2 is 2.18 bits per heavy atom. The van der Waals surface area contributed by atoms with Gasteiger partial charge in [0.2, 0.25) is 0 Å². The van der Waals surface area contributed by atoms with Crippen LogP contribution in [0, 0.1) is 5.92 Å². The molecule has 1 N–H and O–H groups in total. The first-order valence-electron chi connectivity index (χ1n) is 9.43. The minimum atomic E-state index is -0.744. The number of halogens is 1. The van der Waals surface area contributed by atoms with Crippen molar-refractivity contribution in [1.82, 2.24) is 0 Å². The third-order valence-electron chi connectivity index (χ3n) is 4.71. The van der Waals surface area contributed by atoms with Gasteiger partial charge in [-0.2, -0.15) is 0 Å². The predicted octanol–water partition coefficient (Wildman–Crippen LogP) is 5.11. The molecule has 150 valence electrons. The highest BCUT2D eigenvalue weighted by Crippen LogP contribution is 2.40. The number of anilines is 1. The number of nitrogens with one attached hydrogen (secondary N) is 1. The molecular formula is C21H24ClNO4S. The Hall–Kier alpha value is -2.05. The van der Waals surface area contributed by atoms with E-state index in [-0.39, 0.29) is 11.9 Å². The number of fused-ring (bicyclic) bond motifs is 1. The summed E-state index contributed by atoms with van der Waals surface area (Å²) in [6.07, 6.45) is 2.02. The lowest BCUT2D eigenvalue weighted by Crippen LogP contribution is -2.30. The number of rotatable bonds is 6. The summed E-state index contributed by atoms with van der Waals surface area (Å²) in [6.45, 7) is 5.93. The van der Waals surface area contributed by atoms with E-state index in [9.17, 15) is 9.59 Å². The third kappa shape index (κ3) is 4.67. The molecule has 0 aliphatic heterocycles. The Labute approximate surface area is 174 Å². The highest BCUT2D eigenvalue weighted by Gasteiger charge is 2.30. The maximum absolute atomic E-state index is 12.7. The largest absolute Gasteiger partial charge is 0.481 e. The zero-order chi connectivity index (χ0) is 20.3. The molecule has 0 radical (unpaired) electrons. The molecule has 1 aliphatic carbocycles. The number of thiophene rings is 1. The van der Waals surface area contributed by atoms with Crippen molar-refractivity contribution in [3.8, 4) is 5.75 Å². The molecule has 28 heavy (non-hydrogen) atoms. The van der Waals surface area contributed by atoms with Crippen molar-refractivity contribution in [3.05, 3.63) is 45.3 Å². The van der Waals surface area contributed by atoms with Crippen molar-refractivity contribution < 1.29 is 19.1 Å². The molecule has 5 nitrogen and oxygen atoms in total. The van der Waals surface area contributed by atoms with Gasteiger partial charge in [0.1, 0.15) is 10.8 Å². The Morgan fingerprint density at radius 1 is 1.39 bits per heavy atom. The van der Waals surface area contributed by atoms with Crippen molar-refractivity contribution in [3.63, 3.8) is 0 Å². The van der Waals surface area contributed by atoms with Gasteiger partial charge in [-0.05, 0) is 62.8 Å². The summed E-state index contributed by atoms with van der Waals surface area (Å²) in [5.74, 6) is 0.375. The average molecular weight is 422 g/mol. The quantitative estimate of drug-likeness (QED) is 0.658. The summed E-state index contributed by atoms with van der Waals surface area (Å²) in [5, 5.41) is 3.96. The topological polar surface area (TPSA) is 64.6 Å². The highest BCUT2D eigenvalue weighted by molar-refractivity contribution is 7.17. The van der Waals surface area contributed by atoms with Gasteiger partial charge in [0.05, 0.1) is 12.2 Å². The number of hydrogen-bond donors (Lipinski definition) is 1. The van der Waals surface area contributed by atoms with Crippen LogP contribution in [-0.4, -0.2) is 24.6 Å². The molecule has 0 bridgehead atoms. The van der Waals surface area contributed by atoms with E-state index >= 15 is 0 Å². The van der Waals surface area contributed by atoms with Gasteiger partial charge in [-0.3, -0.25) is 4.79 Å². The van der Waals surface area contributed by atoms with Gasteiger partial charge in [-0.15, -0.1) is 11.3 Å². The summed E-state index contributed by atoms with van der Waals surface area (Å²) < 4.78 is 10.9. The molecule has 1 aliphatic rings. The first kappa shape index (κ1) is 20.7. The van der Waals surface area contributed by atoms with Gasteiger partial charge < -0.3 is 14.8 Å². The van der Waals surface area contributed by atoms with Crippen molar-refractivity contribution in [2.24, 2.45) is 5.92 Å². The van der Waals surface area contributed by atoms with E-state index in [0.717, 1.165) is 29.7 Å². The monoisotopic (exact) mass is 421 g/mol. The van der Waals surface area contributed by atoms with Crippen LogP contribution in [0.1, 0.15) is 48.0 Å². The van der Waals surface area contributed by atoms with Crippen molar-refractivity contribution in [2.75, 3.05) is 11.9 Å². The number of carbonyl (C=O) groups is 2. The average Bonchev–Trinajstić information content (AvgIpc) is 2.98. The van der Waals surface area contributed by atoms with Crippen molar-refractivity contribution >= 4 is 39.8 Å². The molecule has 1 heterocycles. The molecule has 2 aromatic rings. The van der Waals surface area contributed by atoms with Crippen LogP contribution in [0.4, 0.5) is 5.00 Å². The fraction of sp³-hybridized carbons (Fsp3) is 0.429. The number of amides is 1. The van der Waals surface area contributed by atoms with Crippen LogP contribution in [-0.2, 0) is 22.4 Å². The molecular weight excluding hydrogens is 398 g/mol. The van der Waals surface area contributed by atoms with Gasteiger partial charge in [0.25, 0.3) is 5.91 Å². The first-order chi connectivity index (χ1) is 13.4. The maximum atomic E-state index is 12.7. The molecule has 2 atom stereocenters. The number of ether oxygens (including phenoxy) is 2. The minimum absolute atomic E-state index is 0.293. The van der Waals surface area contributed by atoms with Crippen LogP contribution in [0.2, 0.25) is 5.02 Å². The first-order valence-corrected chi connectivity index (χ1v) is 10.6. The molecule has 7 heteroatoms. The zero-order valence-electron chi connectivity index (χ0n) is 16.2. The van der Waals surface area contributed by atoms with Gasteiger partial charge >= 0.3 is 5.97 Å². The highest BCUT2D eigenvalue weighted by atomic mass is 35.5. The lowest BCUT2D eigenvalue weighted by atomic mass is 9.88. The van der Waals surface area contributed by atoms with Gasteiger partial charge in [0, 0.05) is 9.90 Å². The summed E-state index contributed by atoms with van der Waals surface area (Å²) in [5.41, 5.74) is 1.51. The van der Waals surface area contributed by atoms with Crippen LogP contribution >= 0.6 is 22.9 Å². The Bertz CT molecular complexity index is 879. The molecule has 1 aromatic carbocycles. The van der Waals surface area contributed by atoms with E-state index in [1.165, 1.54) is 11.3 Å². The predicted molar refractivity (Wildman–Crippen MR) is 112 cm³/mol. The summed E-state index contributed by atoms with van der Waals surface area (Å²) in [4.78, 5) is 26.4. The third-order valence-corrected chi connectivity index (χ3v) is 6.11. The summed E-state index contributed by atoms with van der Waals surface area (Å²) >= 11 is 7.43. The summed E-state index contributed by atoms with van der Waals surface area (Å²) in [6, 6.07) is 6.89. The van der Waals surface area contributed by atoms with Crippen molar-refractivity contribution in [1.29, 1.82) is 0 Å². The molecule has 0 saturated heterocycles. The minimum Gasteiger partial charge on any atom is -0.481 e. The van der Waals surface area contributed by atoms with Gasteiger partial charge in [-0.1, -0.05) is 24.6 Å². The normalized spacial score (nSPS) is 16.8. The zero-order valence-corrected chi connectivity index (χ0v) is 17.8. The lowest BCUT2D eigenvalue weighted by Gasteiger charge is -2.18. The van der Waals surface area contributed by atoms with Crippen LogP contribution in [0.15, 0.2) is 24.3 Å². The molecule has 3 rings (SSSR count). The van der Waals surface area contributed by atoms with E-state index in [4.69, 9.17) is 21.1 Å². The van der Waals surface area contributed by atoms with E-state index in [2.05, 4.69) is 12.2 Å².